The Morgan fingerprint density at radius 2 is 2.00 bits per heavy atom. The lowest BCUT2D eigenvalue weighted by Gasteiger charge is -2.23. The van der Waals surface area contributed by atoms with Crippen molar-refractivity contribution in [2.24, 2.45) is 0 Å². The van der Waals surface area contributed by atoms with E-state index in [0.717, 1.165) is 0 Å². The number of nitrogens with one attached hydrogen (secondary N) is 2. The largest absolute Gasteiger partial charge is 0.446 e. The molecule has 3 rings (SSSR count). The molecule has 0 saturated heterocycles. The molecule has 23 heavy (non-hydrogen) atoms. The van der Waals surface area contributed by atoms with Gasteiger partial charge in [0.25, 0.3) is 11.5 Å². The number of H-pyrrole nitrogens is 1. The molecule has 1 amide bonds. The predicted molar refractivity (Wildman–Crippen MR) is 84.8 cm³/mol. The number of amides is 1. The van der Waals surface area contributed by atoms with Crippen molar-refractivity contribution in [1.82, 2.24) is 14.7 Å². The van der Waals surface area contributed by atoms with Crippen LogP contribution >= 0.6 is 0 Å². The van der Waals surface area contributed by atoms with Crippen LogP contribution in [0.5, 0.6) is 11.5 Å². The van der Waals surface area contributed by atoms with Crippen molar-refractivity contribution in [3.8, 4) is 11.5 Å². The zero-order valence-electron chi connectivity index (χ0n) is 13.0. The molecule has 1 aliphatic rings. The summed E-state index contributed by atoms with van der Waals surface area (Å²) < 4.78 is 6.82. The van der Waals surface area contributed by atoms with Gasteiger partial charge in [0.2, 0.25) is 5.75 Å². The van der Waals surface area contributed by atoms with E-state index in [-0.39, 0.29) is 23.1 Å². The third kappa shape index (κ3) is 2.28. The second kappa shape index (κ2) is 5.31. The van der Waals surface area contributed by atoms with Gasteiger partial charge in [-0.15, -0.1) is 0 Å². The van der Waals surface area contributed by atoms with E-state index in [0.29, 0.717) is 17.8 Å². The summed E-state index contributed by atoms with van der Waals surface area (Å²) in [7, 11) is 3.25. The molecule has 0 aliphatic carbocycles. The van der Waals surface area contributed by atoms with Crippen LogP contribution in [0.25, 0.3) is 0 Å². The number of benzene rings is 1. The zero-order valence-corrected chi connectivity index (χ0v) is 13.0. The van der Waals surface area contributed by atoms with E-state index in [9.17, 15) is 14.4 Å². The van der Waals surface area contributed by atoms with E-state index >= 15 is 0 Å². The first-order valence-electron chi connectivity index (χ1n) is 7.10. The number of hydrogen-bond donors (Lipinski definition) is 2. The lowest BCUT2D eigenvalue weighted by molar-refractivity contribution is 0.0825. The number of ether oxygens (including phenoxy) is 1. The van der Waals surface area contributed by atoms with Crippen molar-refractivity contribution in [3.05, 3.63) is 44.5 Å². The number of anilines is 2. The Kier molecular flexibility index (Phi) is 3.44. The van der Waals surface area contributed by atoms with E-state index in [2.05, 4.69) is 10.4 Å². The number of aromatic amines is 1. The minimum absolute atomic E-state index is 0.0672. The first-order chi connectivity index (χ1) is 10.9. The van der Waals surface area contributed by atoms with Gasteiger partial charge in [0.1, 0.15) is 0 Å². The van der Waals surface area contributed by atoms with Crippen LogP contribution in [0.3, 0.4) is 0 Å². The molecule has 0 unspecified atom stereocenters. The van der Waals surface area contributed by atoms with E-state index < -0.39 is 11.1 Å². The quantitative estimate of drug-likeness (QED) is 0.738. The van der Waals surface area contributed by atoms with Gasteiger partial charge in [-0.1, -0.05) is 6.07 Å². The summed E-state index contributed by atoms with van der Waals surface area (Å²) in [6.07, 6.45) is 0. The van der Waals surface area contributed by atoms with E-state index in [4.69, 9.17) is 4.74 Å². The van der Waals surface area contributed by atoms with Crippen LogP contribution in [-0.4, -0.2) is 34.7 Å². The maximum absolute atomic E-state index is 12.3. The summed E-state index contributed by atoms with van der Waals surface area (Å²) in [4.78, 5) is 38.1. The van der Waals surface area contributed by atoms with Gasteiger partial charge in [0, 0.05) is 20.6 Å². The fraction of sp³-hybridized carbons (Fsp3) is 0.267. The Morgan fingerprint density at radius 1 is 1.26 bits per heavy atom. The predicted octanol–water partition coefficient (Wildman–Crippen LogP) is 1.11. The molecule has 1 aromatic carbocycles. The topological polar surface area (TPSA) is 96.4 Å². The van der Waals surface area contributed by atoms with Crippen LogP contribution in [-0.2, 0) is 6.54 Å². The smallest absolute Gasteiger partial charge is 0.308 e. The molecule has 1 aliphatic heterocycles. The summed E-state index contributed by atoms with van der Waals surface area (Å²) >= 11 is 0. The molecule has 1 aromatic heterocycles. The number of nitrogens with zero attached hydrogens (tertiary/aromatic N) is 2. The highest BCUT2D eigenvalue weighted by Crippen LogP contribution is 2.40. The molecule has 0 bridgehead atoms. The Bertz CT molecular complexity index is 911. The Labute approximate surface area is 131 Å². The highest BCUT2D eigenvalue weighted by molar-refractivity contribution is 5.99. The number of para-hydroxylation sites is 1. The lowest BCUT2D eigenvalue weighted by atomic mass is 10.1. The van der Waals surface area contributed by atoms with Crippen molar-refractivity contribution in [1.29, 1.82) is 0 Å². The minimum atomic E-state index is -0.535. The van der Waals surface area contributed by atoms with Gasteiger partial charge < -0.3 is 15.0 Å². The van der Waals surface area contributed by atoms with Crippen LogP contribution in [0.1, 0.15) is 17.3 Å². The normalized spacial score (nSPS) is 11.8. The standard InChI is InChI=1S/C15H16N4O4/c1-4-19-15(22)10-12(13(20)17-19)23-11-8(14(21)18(2)3)6-5-7-9(11)16-10/h5-7,16H,4H2,1-3H3,(H,17,20). The molecule has 8 heteroatoms. The first kappa shape index (κ1) is 14.9. The number of hydrogen-bond acceptors (Lipinski definition) is 5. The van der Waals surface area contributed by atoms with Crippen LogP contribution < -0.4 is 21.2 Å². The zero-order chi connectivity index (χ0) is 16.7. The van der Waals surface area contributed by atoms with Crippen molar-refractivity contribution in [2.75, 3.05) is 19.4 Å². The highest BCUT2D eigenvalue weighted by Gasteiger charge is 2.27. The SMILES string of the molecule is CCn1[nH]c(=O)c2c(c1=O)Nc1cccc(C(=O)N(C)C)c1O2. The van der Waals surface area contributed by atoms with Crippen LogP contribution in [0.15, 0.2) is 27.8 Å². The minimum Gasteiger partial charge on any atom is -0.446 e. The second-order valence-electron chi connectivity index (χ2n) is 5.30. The molecule has 0 radical (unpaired) electrons. The maximum atomic E-state index is 12.3. The van der Waals surface area contributed by atoms with Crippen LogP contribution in [0.4, 0.5) is 11.4 Å². The van der Waals surface area contributed by atoms with E-state index in [1.54, 1.807) is 39.2 Å². The molecule has 0 atom stereocenters. The van der Waals surface area contributed by atoms with Gasteiger partial charge in [-0.3, -0.25) is 19.5 Å². The fourth-order valence-electron chi connectivity index (χ4n) is 2.39. The van der Waals surface area contributed by atoms with Crippen molar-refractivity contribution in [3.63, 3.8) is 0 Å². The van der Waals surface area contributed by atoms with Crippen LogP contribution in [0, 0.1) is 0 Å². The molecule has 2 N–H and O–H groups in total. The first-order valence-corrected chi connectivity index (χ1v) is 7.10. The van der Waals surface area contributed by atoms with E-state index in [1.807, 2.05) is 0 Å². The second-order valence-corrected chi connectivity index (χ2v) is 5.30. The molecule has 0 spiro atoms. The van der Waals surface area contributed by atoms with Gasteiger partial charge in [0.15, 0.2) is 11.4 Å². The number of aryl methyl sites for hydroxylation is 1. The third-order valence-corrected chi connectivity index (χ3v) is 3.56. The van der Waals surface area contributed by atoms with Crippen molar-refractivity contribution < 1.29 is 9.53 Å². The van der Waals surface area contributed by atoms with Gasteiger partial charge in [0.05, 0.1) is 11.3 Å². The Morgan fingerprint density at radius 3 is 2.65 bits per heavy atom. The number of carbonyl (C=O) groups is 1. The van der Waals surface area contributed by atoms with Gasteiger partial charge >= 0.3 is 5.56 Å². The summed E-state index contributed by atoms with van der Waals surface area (Å²) in [5.74, 6) is -0.158. The molecule has 0 saturated carbocycles. The monoisotopic (exact) mass is 316 g/mol. The summed E-state index contributed by atoms with van der Waals surface area (Å²) in [6.45, 7) is 2.07. The Hall–Kier alpha value is -3.03. The molecule has 2 heterocycles. The molecular weight excluding hydrogens is 300 g/mol. The number of fused-ring (bicyclic) bond motifs is 2. The maximum Gasteiger partial charge on any atom is 0.308 e. The average molecular weight is 316 g/mol. The van der Waals surface area contributed by atoms with Gasteiger partial charge in [-0.2, -0.15) is 0 Å². The third-order valence-electron chi connectivity index (χ3n) is 3.56. The number of rotatable bonds is 2. The summed E-state index contributed by atoms with van der Waals surface area (Å²) in [5.41, 5.74) is -0.0818. The molecule has 2 aromatic rings. The van der Waals surface area contributed by atoms with Gasteiger partial charge in [-0.05, 0) is 19.1 Å². The average Bonchev–Trinajstić information content (AvgIpc) is 2.55. The number of carbonyl (C=O) groups excluding carboxylic acids is 1. The molecule has 0 fully saturated rings. The molecule has 8 nitrogen and oxygen atoms in total. The molecular formula is C15H16N4O4. The lowest BCUT2D eigenvalue weighted by Crippen LogP contribution is -2.33. The summed E-state index contributed by atoms with van der Waals surface area (Å²) in [6, 6.07) is 4.97. The molecule has 120 valence electrons. The van der Waals surface area contributed by atoms with Gasteiger partial charge in [-0.25, -0.2) is 4.68 Å². The van der Waals surface area contributed by atoms with Crippen molar-refractivity contribution in [2.45, 2.75) is 13.5 Å². The van der Waals surface area contributed by atoms with Crippen LogP contribution in [0.2, 0.25) is 0 Å². The van der Waals surface area contributed by atoms with Crippen molar-refractivity contribution >= 4 is 17.3 Å². The Balaban J connectivity index is 2.19. The summed E-state index contributed by atoms with van der Waals surface area (Å²) in [5, 5.41) is 5.35. The van der Waals surface area contributed by atoms with E-state index in [1.165, 1.54) is 9.58 Å². The highest BCUT2D eigenvalue weighted by atomic mass is 16.5. The fourth-order valence-corrected chi connectivity index (χ4v) is 2.39. The number of aromatic nitrogens is 2.